The van der Waals surface area contributed by atoms with E-state index in [4.69, 9.17) is 15.2 Å². The van der Waals surface area contributed by atoms with Crippen molar-refractivity contribution in [3.63, 3.8) is 0 Å². The Kier molecular flexibility index (Phi) is 11.0. The van der Waals surface area contributed by atoms with Crippen LogP contribution < -0.4 is 5.73 Å². The molecule has 2 N–H and O–H groups in total. The van der Waals surface area contributed by atoms with Gasteiger partial charge >= 0.3 is 0 Å². The molecule has 0 aliphatic carbocycles. The number of hydrogen-bond acceptors (Lipinski definition) is 4. The number of carbonyl (C=O) groups excluding carboxylic acids is 1. The number of hydrogen-bond donors (Lipinski definition) is 1. The number of nitrogens with two attached hydrogens (primary N) is 1. The molecule has 0 aromatic rings. The smallest absolute Gasteiger partial charge is 0.225 e. The second kappa shape index (κ2) is 11.4. The first kappa shape index (κ1) is 17.4. The maximum absolute atomic E-state index is 12.0. The summed E-state index contributed by atoms with van der Waals surface area (Å²) in [7, 11) is 0. The van der Waals surface area contributed by atoms with Crippen molar-refractivity contribution in [2.75, 3.05) is 39.5 Å². The van der Waals surface area contributed by atoms with E-state index >= 15 is 0 Å². The molecule has 108 valence electrons. The third kappa shape index (κ3) is 8.44. The van der Waals surface area contributed by atoms with Gasteiger partial charge in [0.25, 0.3) is 0 Å². The Bertz CT molecular complexity index is 210. The number of nitrogens with zero attached hydrogens (tertiary/aromatic N) is 1. The molecule has 0 saturated heterocycles. The third-order valence-corrected chi connectivity index (χ3v) is 2.49. The molecule has 0 bridgehead atoms. The summed E-state index contributed by atoms with van der Waals surface area (Å²) >= 11 is 0. The van der Waals surface area contributed by atoms with E-state index in [1.54, 1.807) is 0 Å². The lowest BCUT2D eigenvalue weighted by atomic mass is 10.2. The molecule has 0 heterocycles. The van der Waals surface area contributed by atoms with Gasteiger partial charge in [0.05, 0.1) is 26.2 Å². The fourth-order valence-electron chi connectivity index (χ4n) is 1.57. The van der Waals surface area contributed by atoms with E-state index in [1.807, 2.05) is 18.7 Å². The van der Waals surface area contributed by atoms with Gasteiger partial charge in [0.15, 0.2) is 0 Å². The van der Waals surface area contributed by atoms with Crippen LogP contribution in [0.3, 0.4) is 0 Å². The Morgan fingerprint density at radius 2 is 1.83 bits per heavy atom. The molecular formula is C13H28N2O3. The normalized spacial score (nSPS) is 10.9. The summed E-state index contributed by atoms with van der Waals surface area (Å²) in [5.41, 5.74) is 5.34. The van der Waals surface area contributed by atoms with Crippen molar-refractivity contribution < 1.29 is 14.3 Å². The highest BCUT2D eigenvalue weighted by atomic mass is 16.5. The standard InChI is InChI=1S/C13H28N2O3/c1-4-8-17-9-5-13(16)15(12(2)3)7-11-18-10-6-14/h12H,4-11,14H2,1-3H3. The van der Waals surface area contributed by atoms with Gasteiger partial charge in [0.2, 0.25) is 5.91 Å². The van der Waals surface area contributed by atoms with Crippen LogP contribution in [0.4, 0.5) is 0 Å². The van der Waals surface area contributed by atoms with E-state index in [0.717, 1.165) is 6.42 Å². The van der Waals surface area contributed by atoms with E-state index < -0.39 is 0 Å². The van der Waals surface area contributed by atoms with Gasteiger partial charge < -0.3 is 20.1 Å². The number of carbonyl (C=O) groups is 1. The van der Waals surface area contributed by atoms with Crippen molar-refractivity contribution in [3.05, 3.63) is 0 Å². The Hall–Kier alpha value is -0.650. The van der Waals surface area contributed by atoms with Crippen LogP contribution in [0.25, 0.3) is 0 Å². The van der Waals surface area contributed by atoms with Crippen LogP contribution in [0.5, 0.6) is 0 Å². The van der Waals surface area contributed by atoms with Gasteiger partial charge in [-0.25, -0.2) is 0 Å². The van der Waals surface area contributed by atoms with Crippen LogP contribution in [0.15, 0.2) is 0 Å². The van der Waals surface area contributed by atoms with E-state index in [1.165, 1.54) is 0 Å². The Morgan fingerprint density at radius 3 is 2.39 bits per heavy atom. The molecule has 5 nitrogen and oxygen atoms in total. The minimum absolute atomic E-state index is 0.123. The first-order valence-electron chi connectivity index (χ1n) is 6.78. The zero-order valence-electron chi connectivity index (χ0n) is 12.0. The van der Waals surface area contributed by atoms with E-state index in [0.29, 0.717) is 45.9 Å². The Balaban J connectivity index is 3.88. The largest absolute Gasteiger partial charge is 0.381 e. The molecule has 0 rings (SSSR count). The summed E-state index contributed by atoms with van der Waals surface area (Å²) < 4.78 is 10.6. The van der Waals surface area contributed by atoms with Gasteiger partial charge in [0, 0.05) is 25.7 Å². The lowest BCUT2D eigenvalue weighted by molar-refractivity contribution is -0.134. The molecule has 0 aromatic carbocycles. The van der Waals surface area contributed by atoms with Crippen LogP contribution in [-0.4, -0.2) is 56.4 Å². The van der Waals surface area contributed by atoms with Crippen molar-refractivity contribution in [2.24, 2.45) is 5.73 Å². The first-order chi connectivity index (χ1) is 8.63. The average molecular weight is 260 g/mol. The molecule has 0 unspecified atom stereocenters. The summed E-state index contributed by atoms with van der Waals surface area (Å²) in [4.78, 5) is 13.8. The molecule has 0 spiro atoms. The van der Waals surface area contributed by atoms with Crippen LogP contribution in [0.2, 0.25) is 0 Å². The number of ether oxygens (including phenoxy) is 2. The van der Waals surface area contributed by atoms with E-state index in [2.05, 4.69) is 6.92 Å². The van der Waals surface area contributed by atoms with Crippen molar-refractivity contribution in [2.45, 2.75) is 39.7 Å². The quantitative estimate of drug-likeness (QED) is 0.563. The monoisotopic (exact) mass is 260 g/mol. The second-order valence-electron chi connectivity index (χ2n) is 4.44. The molecule has 0 fully saturated rings. The van der Waals surface area contributed by atoms with E-state index in [9.17, 15) is 4.79 Å². The van der Waals surface area contributed by atoms with E-state index in [-0.39, 0.29) is 11.9 Å². The van der Waals surface area contributed by atoms with Crippen LogP contribution in [-0.2, 0) is 14.3 Å². The third-order valence-electron chi connectivity index (χ3n) is 2.49. The lowest BCUT2D eigenvalue weighted by Gasteiger charge is -2.26. The fraction of sp³-hybridized carbons (Fsp3) is 0.923. The zero-order valence-corrected chi connectivity index (χ0v) is 12.0. The number of amides is 1. The highest BCUT2D eigenvalue weighted by molar-refractivity contribution is 5.76. The van der Waals surface area contributed by atoms with Gasteiger partial charge in [0.1, 0.15) is 0 Å². The Labute approximate surface area is 111 Å². The topological polar surface area (TPSA) is 64.8 Å². The highest BCUT2D eigenvalue weighted by Gasteiger charge is 2.16. The van der Waals surface area contributed by atoms with Gasteiger partial charge in [-0.1, -0.05) is 6.92 Å². The number of rotatable bonds is 11. The lowest BCUT2D eigenvalue weighted by Crippen LogP contribution is -2.40. The minimum atomic E-state index is 0.123. The summed E-state index contributed by atoms with van der Waals surface area (Å²) in [6.45, 7) is 9.49. The molecule has 5 heteroatoms. The van der Waals surface area contributed by atoms with Crippen molar-refractivity contribution in [1.82, 2.24) is 4.90 Å². The maximum atomic E-state index is 12.0. The van der Waals surface area contributed by atoms with Crippen LogP contribution in [0, 0.1) is 0 Å². The second-order valence-corrected chi connectivity index (χ2v) is 4.44. The van der Waals surface area contributed by atoms with Gasteiger partial charge in [-0.2, -0.15) is 0 Å². The molecule has 0 aliphatic heterocycles. The van der Waals surface area contributed by atoms with Gasteiger partial charge in [-0.3, -0.25) is 4.79 Å². The zero-order chi connectivity index (χ0) is 13.8. The van der Waals surface area contributed by atoms with Crippen molar-refractivity contribution in [1.29, 1.82) is 0 Å². The molecule has 0 atom stereocenters. The first-order valence-corrected chi connectivity index (χ1v) is 6.78. The highest BCUT2D eigenvalue weighted by Crippen LogP contribution is 2.02. The van der Waals surface area contributed by atoms with Crippen molar-refractivity contribution >= 4 is 5.91 Å². The van der Waals surface area contributed by atoms with Gasteiger partial charge in [-0.15, -0.1) is 0 Å². The van der Waals surface area contributed by atoms with Crippen LogP contribution >= 0.6 is 0 Å². The molecule has 0 aliphatic rings. The fourth-order valence-corrected chi connectivity index (χ4v) is 1.57. The maximum Gasteiger partial charge on any atom is 0.225 e. The molecule has 1 amide bonds. The molecule has 0 radical (unpaired) electrons. The average Bonchev–Trinajstić information content (AvgIpc) is 2.34. The van der Waals surface area contributed by atoms with Gasteiger partial charge in [-0.05, 0) is 20.3 Å². The molecule has 0 saturated carbocycles. The molecule has 0 aromatic heterocycles. The molecular weight excluding hydrogens is 232 g/mol. The summed E-state index contributed by atoms with van der Waals surface area (Å²) in [5.74, 6) is 0.123. The summed E-state index contributed by atoms with van der Waals surface area (Å²) in [5, 5.41) is 0. The predicted octanol–water partition coefficient (Wildman–Crippen LogP) is 1.02. The SMILES string of the molecule is CCCOCCC(=O)N(CCOCCN)C(C)C. The molecule has 18 heavy (non-hydrogen) atoms. The Morgan fingerprint density at radius 1 is 1.17 bits per heavy atom. The summed E-state index contributed by atoms with van der Waals surface area (Å²) in [6.07, 6.45) is 1.42. The summed E-state index contributed by atoms with van der Waals surface area (Å²) in [6, 6.07) is 0.185. The van der Waals surface area contributed by atoms with Crippen LogP contribution in [0.1, 0.15) is 33.6 Å². The van der Waals surface area contributed by atoms with Crippen molar-refractivity contribution in [3.8, 4) is 0 Å². The minimum Gasteiger partial charge on any atom is -0.381 e. The predicted molar refractivity (Wildman–Crippen MR) is 72.4 cm³/mol.